The zero-order valence-corrected chi connectivity index (χ0v) is 20.7. The highest BCUT2D eigenvalue weighted by atomic mass is 19.1. The van der Waals surface area contributed by atoms with Crippen molar-refractivity contribution < 1.29 is 13.9 Å². The maximum atomic E-state index is 15.5. The molecule has 192 valence electrons. The van der Waals surface area contributed by atoms with Crippen LogP contribution in [0.4, 0.5) is 21.8 Å². The van der Waals surface area contributed by atoms with Crippen LogP contribution in [-0.2, 0) is 11.8 Å². The van der Waals surface area contributed by atoms with E-state index in [2.05, 4.69) is 35.6 Å². The second kappa shape index (κ2) is 9.50. The topological polar surface area (TPSA) is 127 Å². The quantitative estimate of drug-likeness (QED) is 0.338. The van der Waals surface area contributed by atoms with Crippen molar-refractivity contribution >= 4 is 45.9 Å². The van der Waals surface area contributed by atoms with Crippen LogP contribution < -0.4 is 15.0 Å². The number of carbonyl (C=O) groups excluding carboxylic acids is 1. The summed E-state index contributed by atoms with van der Waals surface area (Å²) in [7, 11) is 1.81. The third-order valence-electron chi connectivity index (χ3n) is 6.51. The maximum Gasteiger partial charge on any atom is 0.226 e. The number of hydrogen-bond donors (Lipinski definition) is 1. The van der Waals surface area contributed by atoms with E-state index in [4.69, 9.17) is 4.74 Å². The van der Waals surface area contributed by atoms with Crippen LogP contribution in [0.1, 0.15) is 5.56 Å². The van der Waals surface area contributed by atoms with E-state index in [-0.39, 0.29) is 5.69 Å². The monoisotopic (exact) mass is 514 g/mol. The molecule has 0 bridgehead atoms. The van der Waals surface area contributed by atoms with Gasteiger partial charge < -0.3 is 19.9 Å². The summed E-state index contributed by atoms with van der Waals surface area (Å²) in [5.74, 6) is 1.28. The molecular formula is C25H23FN10O2. The van der Waals surface area contributed by atoms with Crippen molar-refractivity contribution in [2.24, 2.45) is 7.05 Å². The third kappa shape index (κ3) is 4.27. The molecule has 5 aromatic rings. The summed E-state index contributed by atoms with van der Waals surface area (Å²) in [6, 6.07) is 8.68. The molecule has 0 aliphatic carbocycles. The molecule has 1 aliphatic rings. The second-order valence-corrected chi connectivity index (χ2v) is 8.90. The molecule has 1 fully saturated rings. The zero-order valence-electron chi connectivity index (χ0n) is 20.7. The van der Waals surface area contributed by atoms with Gasteiger partial charge in [0.15, 0.2) is 11.6 Å². The molecule has 0 radical (unpaired) electrons. The molecule has 12 nitrogen and oxygen atoms in total. The number of piperazine rings is 1. The van der Waals surface area contributed by atoms with Gasteiger partial charge in [-0.15, -0.1) is 5.10 Å². The lowest BCUT2D eigenvalue weighted by Gasteiger charge is -2.32. The van der Waals surface area contributed by atoms with E-state index >= 15 is 4.39 Å². The highest BCUT2D eigenvalue weighted by Crippen LogP contribution is 2.33. The predicted octanol–water partition coefficient (Wildman–Crippen LogP) is 2.96. The van der Waals surface area contributed by atoms with E-state index in [0.717, 1.165) is 11.9 Å². The number of halogens is 1. The van der Waals surface area contributed by atoms with Crippen LogP contribution in [0.25, 0.3) is 22.1 Å². The van der Waals surface area contributed by atoms with Gasteiger partial charge in [-0.1, -0.05) is 5.21 Å². The molecule has 1 saturated heterocycles. The number of rotatable bonds is 6. The fraction of sp³-hybridized carbons (Fsp3) is 0.240. The molecule has 2 aromatic carbocycles. The minimum absolute atomic E-state index is 0.221. The largest absolute Gasteiger partial charge is 0.457 e. The number of fused-ring (bicyclic) bond motifs is 2. The minimum atomic E-state index is -0.478. The molecule has 4 heterocycles. The Balaban J connectivity index is 1.26. The number of nitrogens with zero attached hydrogens (tertiary/aromatic N) is 9. The fourth-order valence-corrected chi connectivity index (χ4v) is 4.33. The Morgan fingerprint density at radius 2 is 1.89 bits per heavy atom. The van der Waals surface area contributed by atoms with Gasteiger partial charge in [-0.3, -0.25) is 4.79 Å². The summed E-state index contributed by atoms with van der Waals surface area (Å²) in [5.41, 5.74) is 3.09. The molecule has 3 aromatic heterocycles. The molecule has 0 atom stereocenters. The Morgan fingerprint density at radius 1 is 1.05 bits per heavy atom. The van der Waals surface area contributed by atoms with Gasteiger partial charge in [-0.05, 0) is 31.2 Å². The molecule has 0 saturated carbocycles. The Kier molecular flexibility index (Phi) is 5.86. The van der Waals surface area contributed by atoms with Crippen LogP contribution in [0, 0.1) is 12.7 Å². The van der Waals surface area contributed by atoms with Crippen molar-refractivity contribution in [2.45, 2.75) is 6.92 Å². The molecule has 1 aliphatic heterocycles. The molecule has 1 N–H and O–H groups in total. The lowest BCUT2D eigenvalue weighted by atomic mass is 10.1. The fourth-order valence-electron chi connectivity index (χ4n) is 4.33. The van der Waals surface area contributed by atoms with E-state index < -0.39 is 5.82 Å². The first kappa shape index (κ1) is 23.5. The summed E-state index contributed by atoms with van der Waals surface area (Å²) >= 11 is 0. The molecule has 13 heteroatoms. The van der Waals surface area contributed by atoms with E-state index in [1.54, 1.807) is 47.0 Å². The van der Waals surface area contributed by atoms with Crippen LogP contribution in [0.15, 0.2) is 42.9 Å². The average molecular weight is 515 g/mol. The zero-order chi connectivity index (χ0) is 26.2. The number of anilines is 3. The standard InChI is InChI=1S/C25H23FN10O2/c1-15-21(38-16-3-5-20-18(11-16)32-33-34(20)2)6-4-17(22(15)26)30-24-23-19(28-13-29-24)12-27-25(31-23)36-9-7-35(14-37)8-10-36/h3-6,11-14H,7-10H2,1-2H3,(H,28,29,30). The van der Waals surface area contributed by atoms with Gasteiger partial charge in [0.2, 0.25) is 12.4 Å². The van der Waals surface area contributed by atoms with Crippen molar-refractivity contribution in [3.05, 3.63) is 54.2 Å². The Morgan fingerprint density at radius 3 is 2.71 bits per heavy atom. The number of aryl methyl sites for hydroxylation is 1. The number of amides is 1. The molecule has 1 amide bonds. The summed E-state index contributed by atoms with van der Waals surface area (Å²) in [6.07, 6.45) is 3.84. The number of nitrogens with one attached hydrogen (secondary N) is 1. The highest BCUT2D eigenvalue weighted by molar-refractivity contribution is 5.87. The van der Waals surface area contributed by atoms with Crippen molar-refractivity contribution in [3.8, 4) is 11.5 Å². The van der Waals surface area contributed by atoms with Gasteiger partial charge in [0.25, 0.3) is 0 Å². The number of benzene rings is 2. The second-order valence-electron chi connectivity index (χ2n) is 8.90. The van der Waals surface area contributed by atoms with Crippen LogP contribution in [-0.4, -0.2) is 72.4 Å². The summed E-state index contributed by atoms with van der Waals surface area (Å²) in [5, 5.41) is 11.1. The van der Waals surface area contributed by atoms with Crippen LogP contribution >= 0.6 is 0 Å². The first-order valence-electron chi connectivity index (χ1n) is 12.0. The Hall–Kier alpha value is -4.94. The Labute approximate surface area is 216 Å². The van der Waals surface area contributed by atoms with Crippen molar-refractivity contribution in [1.82, 2.24) is 39.8 Å². The lowest BCUT2D eigenvalue weighted by molar-refractivity contribution is -0.118. The maximum absolute atomic E-state index is 15.5. The van der Waals surface area contributed by atoms with E-state index in [0.29, 0.717) is 71.6 Å². The summed E-state index contributed by atoms with van der Waals surface area (Å²) < 4.78 is 23.1. The normalized spacial score (nSPS) is 13.8. The average Bonchev–Trinajstić information content (AvgIpc) is 3.32. The Bertz CT molecular complexity index is 1670. The first-order valence-corrected chi connectivity index (χ1v) is 12.0. The third-order valence-corrected chi connectivity index (χ3v) is 6.51. The molecule has 6 rings (SSSR count). The van der Waals surface area contributed by atoms with Crippen LogP contribution in [0.5, 0.6) is 11.5 Å². The summed E-state index contributed by atoms with van der Waals surface area (Å²) in [6.45, 7) is 4.05. The molecule has 38 heavy (non-hydrogen) atoms. The van der Waals surface area contributed by atoms with Gasteiger partial charge in [-0.25, -0.2) is 29.0 Å². The van der Waals surface area contributed by atoms with Crippen molar-refractivity contribution in [3.63, 3.8) is 0 Å². The molecular weight excluding hydrogens is 491 g/mol. The van der Waals surface area contributed by atoms with E-state index in [9.17, 15) is 4.79 Å². The first-order chi connectivity index (χ1) is 18.5. The van der Waals surface area contributed by atoms with Crippen LogP contribution in [0.2, 0.25) is 0 Å². The number of carbonyl (C=O) groups is 1. The number of aromatic nitrogens is 7. The number of hydrogen-bond acceptors (Lipinski definition) is 10. The molecule has 0 spiro atoms. The van der Waals surface area contributed by atoms with Crippen molar-refractivity contribution in [2.75, 3.05) is 36.4 Å². The number of ether oxygens (including phenoxy) is 1. The highest BCUT2D eigenvalue weighted by Gasteiger charge is 2.20. The van der Waals surface area contributed by atoms with Gasteiger partial charge in [-0.2, -0.15) is 0 Å². The predicted molar refractivity (Wildman–Crippen MR) is 138 cm³/mol. The minimum Gasteiger partial charge on any atom is -0.457 e. The van der Waals surface area contributed by atoms with Gasteiger partial charge in [0.05, 0.1) is 17.4 Å². The van der Waals surface area contributed by atoms with E-state index in [1.807, 2.05) is 18.0 Å². The van der Waals surface area contributed by atoms with Gasteiger partial charge in [0, 0.05) is 44.9 Å². The van der Waals surface area contributed by atoms with Gasteiger partial charge >= 0.3 is 0 Å². The van der Waals surface area contributed by atoms with E-state index in [1.165, 1.54) is 6.33 Å². The SMILES string of the molecule is Cc1c(Oc2ccc3c(c2)nnn3C)ccc(Nc2ncnc3cnc(N4CCN(C=O)CC4)nc23)c1F. The lowest BCUT2D eigenvalue weighted by Crippen LogP contribution is -2.46. The summed E-state index contributed by atoms with van der Waals surface area (Å²) in [4.78, 5) is 32.3. The van der Waals surface area contributed by atoms with Crippen molar-refractivity contribution in [1.29, 1.82) is 0 Å². The van der Waals surface area contributed by atoms with Crippen LogP contribution in [0.3, 0.4) is 0 Å². The van der Waals surface area contributed by atoms with Gasteiger partial charge in [0.1, 0.15) is 34.4 Å². The smallest absolute Gasteiger partial charge is 0.226 e. The molecule has 0 unspecified atom stereocenters.